The minimum atomic E-state index is -0.907. The highest BCUT2D eigenvalue weighted by molar-refractivity contribution is 6.31. The molecule has 0 saturated carbocycles. The van der Waals surface area contributed by atoms with Gasteiger partial charge in [-0.3, -0.25) is 19.4 Å². The van der Waals surface area contributed by atoms with E-state index in [2.05, 4.69) is 31.2 Å². The van der Waals surface area contributed by atoms with Gasteiger partial charge >= 0.3 is 6.03 Å². The van der Waals surface area contributed by atoms with Gasteiger partial charge in [0, 0.05) is 43.0 Å². The van der Waals surface area contributed by atoms with Crippen LogP contribution in [0.4, 0.5) is 10.6 Å². The largest absolute Gasteiger partial charge is 0.350 e. The van der Waals surface area contributed by atoms with Crippen LogP contribution in [0.2, 0.25) is 5.02 Å². The van der Waals surface area contributed by atoms with Gasteiger partial charge in [0.1, 0.15) is 12.1 Å². The van der Waals surface area contributed by atoms with Gasteiger partial charge in [0.15, 0.2) is 5.82 Å². The summed E-state index contributed by atoms with van der Waals surface area (Å²) in [6, 6.07) is 24.6. The van der Waals surface area contributed by atoms with Crippen LogP contribution < -0.4 is 21.3 Å². The van der Waals surface area contributed by atoms with Crippen molar-refractivity contribution in [3.63, 3.8) is 0 Å². The number of piperidine rings is 1. The third kappa shape index (κ3) is 10.9. The summed E-state index contributed by atoms with van der Waals surface area (Å²) in [7, 11) is 0. The van der Waals surface area contributed by atoms with Crippen molar-refractivity contribution in [2.45, 2.75) is 57.2 Å². The molecule has 4 N–H and O–H groups in total. The summed E-state index contributed by atoms with van der Waals surface area (Å²) in [6.45, 7) is 0.903. The van der Waals surface area contributed by atoms with E-state index < -0.39 is 24.0 Å². The monoisotopic (exact) mass is 695 g/mol. The zero-order chi connectivity index (χ0) is 35.1. The molecule has 0 aliphatic carbocycles. The molecule has 1 saturated heterocycles. The van der Waals surface area contributed by atoms with Gasteiger partial charge in [-0.25, -0.2) is 9.78 Å². The molecule has 260 valence electrons. The number of hydrogen-bond donors (Lipinski definition) is 4. The molecule has 50 heavy (non-hydrogen) atoms. The lowest BCUT2D eigenvalue weighted by molar-refractivity contribution is -0.130. The molecule has 4 aromatic rings. The van der Waals surface area contributed by atoms with Gasteiger partial charge in [0.25, 0.3) is 0 Å². The second-order valence-corrected chi connectivity index (χ2v) is 12.7. The fraction of sp³-hybridized carbons (Fsp3) is 0.316. The first kappa shape index (κ1) is 36.0. The van der Waals surface area contributed by atoms with Crippen molar-refractivity contribution in [3.05, 3.63) is 125 Å². The number of amides is 5. The molecule has 1 aromatic heterocycles. The molecule has 12 heteroatoms. The van der Waals surface area contributed by atoms with E-state index in [1.165, 1.54) is 18.6 Å². The third-order valence-corrected chi connectivity index (χ3v) is 9.12. The molecule has 0 unspecified atom stereocenters. The number of anilines is 1. The average molecular weight is 696 g/mol. The van der Waals surface area contributed by atoms with E-state index in [1.807, 2.05) is 78.9 Å². The van der Waals surface area contributed by atoms with Gasteiger partial charge in [-0.1, -0.05) is 90.5 Å². The Hall–Kier alpha value is -5.29. The minimum Gasteiger partial charge on any atom is -0.350 e. The van der Waals surface area contributed by atoms with Crippen molar-refractivity contribution in [2.75, 3.05) is 18.4 Å². The molecule has 1 aliphatic heterocycles. The first-order chi connectivity index (χ1) is 24.4. The summed E-state index contributed by atoms with van der Waals surface area (Å²) >= 11 is 6.32. The molecule has 11 nitrogen and oxygen atoms in total. The fourth-order valence-electron chi connectivity index (χ4n) is 5.85. The van der Waals surface area contributed by atoms with E-state index >= 15 is 0 Å². The summed E-state index contributed by atoms with van der Waals surface area (Å²) in [4.78, 5) is 63.5. The molecule has 1 fully saturated rings. The number of aromatic nitrogens is 2. The van der Waals surface area contributed by atoms with E-state index in [4.69, 9.17) is 11.6 Å². The van der Waals surface area contributed by atoms with Crippen LogP contribution >= 0.6 is 11.6 Å². The number of aryl methyl sites for hydroxylation is 2. The van der Waals surface area contributed by atoms with Crippen molar-refractivity contribution in [1.29, 1.82) is 0 Å². The van der Waals surface area contributed by atoms with Gasteiger partial charge in [-0.15, -0.1) is 0 Å². The van der Waals surface area contributed by atoms with Gasteiger partial charge < -0.3 is 26.2 Å². The second kappa shape index (κ2) is 18.5. The maximum absolute atomic E-state index is 13.9. The quantitative estimate of drug-likeness (QED) is 0.147. The van der Waals surface area contributed by atoms with E-state index in [1.54, 1.807) is 11.0 Å². The lowest BCUT2D eigenvalue weighted by Gasteiger charge is -2.32. The Morgan fingerprint density at radius 1 is 0.760 bits per heavy atom. The summed E-state index contributed by atoms with van der Waals surface area (Å²) < 4.78 is 0. The van der Waals surface area contributed by atoms with Gasteiger partial charge in [-0.05, 0) is 61.3 Å². The van der Waals surface area contributed by atoms with Crippen molar-refractivity contribution in [2.24, 2.45) is 5.92 Å². The standard InChI is InChI=1S/C38H42ClN7O4/c39-31-14-8-7-13-30(31)25-42-36(48)32(17-15-27-9-3-1-4-10-27)43-37(49)33(18-16-28-11-5-2-6-12-28)44-38(50)46-23-19-29(20-24-46)35(47)45-34-26-40-21-22-41-34/h1-14,21-22,26,29,32-33H,15-20,23-25H2,(H,42,48)(H,43,49)(H,44,50)(H,41,45,47)/t32-,33-/m0/s1. The number of carbonyl (C=O) groups excluding carboxylic acids is 4. The molecule has 0 spiro atoms. The maximum Gasteiger partial charge on any atom is 0.318 e. The summed E-state index contributed by atoms with van der Waals surface area (Å²) in [6.07, 6.45) is 7.23. The Morgan fingerprint density at radius 2 is 1.36 bits per heavy atom. The first-order valence-electron chi connectivity index (χ1n) is 16.9. The molecule has 2 heterocycles. The maximum atomic E-state index is 13.9. The smallest absolute Gasteiger partial charge is 0.318 e. The van der Waals surface area contributed by atoms with E-state index in [9.17, 15) is 19.2 Å². The number of likely N-dealkylation sites (tertiary alicyclic amines) is 1. The Labute approximate surface area is 297 Å². The van der Waals surface area contributed by atoms with Crippen LogP contribution in [-0.4, -0.2) is 63.8 Å². The Balaban J connectivity index is 1.24. The summed E-state index contributed by atoms with van der Waals surface area (Å²) in [5.74, 6) is -0.861. The highest BCUT2D eigenvalue weighted by Crippen LogP contribution is 2.20. The number of nitrogens with zero attached hydrogens (tertiary/aromatic N) is 3. The van der Waals surface area contributed by atoms with Crippen molar-refractivity contribution >= 4 is 41.2 Å². The van der Waals surface area contributed by atoms with E-state index in [0.29, 0.717) is 62.5 Å². The van der Waals surface area contributed by atoms with Gasteiger partial charge in [0.2, 0.25) is 17.7 Å². The molecule has 0 bridgehead atoms. The van der Waals surface area contributed by atoms with Crippen LogP contribution in [0.25, 0.3) is 0 Å². The Bertz CT molecular complexity index is 1700. The van der Waals surface area contributed by atoms with Crippen LogP contribution in [0, 0.1) is 5.92 Å². The molecule has 2 atom stereocenters. The van der Waals surface area contributed by atoms with E-state index in [-0.39, 0.29) is 24.3 Å². The summed E-state index contributed by atoms with van der Waals surface area (Å²) in [5.41, 5.74) is 2.82. The number of urea groups is 1. The lowest BCUT2D eigenvalue weighted by Crippen LogP contribution is -2.56. The molecule has 5 rings (SSSR count). The number of rotatable bonds is 14. The van der Waals surface area contributed by atoms with Crippen LogP contribution in [0.5, 0.6) is 0 Å². The number of nitrogens with one attached hydrogen (secondary N) is 4. The third-order valence-electron chi connectivity index (χ3n) is 8.75. The zero-order valence-electron chi connectivity index (χ0n) is 27.8. The molecule has 5 amide bonds. The molecule has 1 aliphatic rings. The fourth-order valence-corrected chi connectivity index (χ4v) is 6.05. The van der Waals surface area contributed by atoms with E-state index in [0.717, 1.165) is 16.7 Å². The number of carbonyl (C=O) groups is 4. The minimum absolute atomic E-state index is 0.167. The molecule has 0 radical (unpaired) electrons. The zero-order valence-corrected chi connectivity index (χ0v) is 28.5. The topological polar surface area (TPSA) is 145 Å². The number of halogens is 1. The van der Waals surface area contributed by atoms with Crippen LogP contribution in [0.3, 0.4) is 0 Å². The number of hydrogen-bond acceptors (Lipinski definition) is 6. The highest BCUT2D eigenvalue weighted by Gasteiger charge is 2.31. The Kier molecular flexibility index (Phi) is 13.3. The average Bonchev–Trinajstić information content (AvgIpc) is 3.15. The van der Waals surface area contributed by atoms with Crippen molar-refractivity contribution < 1.29 is 19.2 Å². The lowest BCUT2D eigenvalue weighted by atomic mass is 9.96. The van der Waals surface area contributed by atoms with Gasteiger partial charge in [0.05, 0.1) is 6.20 Å². The number of benzene rings is 3. The summed E-state index contributed by atoms with van der Waals surface area (Å²) in [5, 5.41) is 12.1. The SMILES string of the molecule is O=C(Nc1cnccn1)C1CCN(C(=O)N[C@@H](CCc2ccccc2)C(=O)N[C@@H](CCc2ccccc2)C(=O)NCc2ccccc2Cl)CC1. The highest BCUT2D eigenvalue weighted by atomic mass is 35.5. The molecular weight excluding hydrogens is 654 g/mol. The predicted molar refractivity (Wildman–Crippen MR) is 192 cm³/mol. The normalized spacial score (nSPS) is 14.2. The van der Waals surface area contributed by atoms with Crippen LogP contribution in [0.15, 0.2) is 104 Å². The van der Waals surface area contributed by atoms with Crippen LogP contribution in [-0.2, 0) is 33.8 Å². The second-order valence-electron chi connectivity index (χ2n) is 12.3. The van der Waals surface area contributed by atoms with Crippen LogP contribution in [0.1, 0.15) is 42.4 Å². The predicted octanol–water partition coefficient (Wildman–Crippen LogP) is 4.93. The molecular formula is C38H42ClN7O4. The van der Waals surface area contributed by atoms with Gasteiger partial charge in [-0.2, -0.15) is 0 Å². The first-order valence-corrected chi connectivity index (χ1v) is 17.2. The Morgan fingerprint density at radius 3 is 1.96 bits per heavy atom. The van der Waals surface area contributed by atoms with Crippen molar-refractivity contribution in [3.8, 4) is 0 Å². The van der Waals surface area contributed by atoms with Crippen molar-refractivity contribution in [1.82, 2.24) is 30.8 Å². The molecule has 3 aromatic carbocycles.